The Hall–Kier alpha value is -2.49. The molecule has 0 radical (unpaired) electrons. The second-order valence-corrected chi connectivity index (χ2v) is 7.90. The lowest BCUT2D eigenvalue weighted by Gasteiger charge is -2.05. The molecular weight excluding hydrogens is 398 g/mol. The van der Waals surface area contributed by atoms with Crippen LogP contribution in [0.2, 0.25) is 5.02 Å². The largest absolute Gasteiger partial charge is 0.506 e. The number of anilines is 1. The number of primary amides is 1. The van der Waals surface area contributed by atoms with E-state index in [2.05, 4.69) is 10.3 Å². The van der Waals surface area contributed by atoms with Gasteiger partial charge in [0.1, 0.15) is 5.75 Å². The lowest BCUT2D eigenvalue weighted by atomic mass is 10.2. The molecule has 3 aromatic rings. The van der Waals surface area contributed by atoms with E-state index in [-0.39, 0.29) is 28.5 Å². The first-order valence-corrected chi connectivity index (χ1v) is 9.40. The van der Waals surface area contributed by atoms with Gasteiger partial charge in [-0.15, -0.1) is 23.1 Å². The fraction of sp³-hybridized carbons (Fsp3) is 0.0625. The number of amides is 2. The Morgan fingerprint density at radius 1 is 1.31 bits per heavy atom. The van der Waals surface area contributed by atoms with E-state index in [1.807, 2.05) is 0 Å². The molecule has 0 bridgehead atoms. The zero-order chi connectivity index (χ0) is 18.8. The van der Waals surface area contributed by atoms with Gasteiger partial charge < -0.3 is 21.1 Å². The highest BCUT2D eigenvalue weighted by Crippen LogP contribution is 2.40. The molecule has 0 saturated carbocycles. The summed E-state index contributed by atoms with van der Waals surface area (Å²) >= 11 is 7.97. The molecule has 0 spiro atoms. The summed E-state index contributed by atoms with van der Waals surface area (Å²) in [6.07, 6.45) is 0. The van der Waals surface area contributed by atoms with Crippen LogP contribution in [0.5, 0.6) is 5.75 Å². The number of aromatic hydroxyl groups is 1. The van der Waals surface area contributed by atoms with Crippen molar-refractivity contribution >= 4 is 62.4 Å². The molecule has 0 aliphatic carbocycles. The molecule has 7 nitrogen and oxygen atoms in total. The molecule has 3 rings (SSSR count). The van der Waals surface area contributed by atoms with Crippen LogP contribution in [0.25, 0.3) is 10.2 Å². The second-order valence-electron chi connectivity index (χ2n) is 5.20. The number of rotatable bonds is 5. The molecule has 2 aromatic heterocycles. The van der Waals surface area contributed by atoms with Gasteiger partial charge in [-0.05, 0) is 24.3 Å². The number of thiophene rings is 1. The van der Waals surface area contributed by atoms with Gasteiger partial charge >= 0.3 is 0 Å². The summed E-state index contributed by atoms with van der Waals surface area (Å²) in [5, 5.41) is 13.2. The van der Waals surface area contributed by atoms with E-state index < -0.39 is 11.5 Å². The third kappa shape index (κ3) is 3.85. The van der Waals surface area contributed by atoms with E-state index in [9.17, 15) is 19.5 Å². The third-order valence-corrected chi connectivity index (χ3v) is 6.07. The van der Waals surface area contributed by atoms with Gasteiger partial charge in [0.05, 0.1) is 25.7 Å². The molecule has 1 aromatic carbocycles. The van der Waals surface area contributed by atoms with E-state index >= 15 is 0 Å². The van der Waals surface area contributed by atoms with Crippen molar-refractivity contribution in [2.45, 2.75) is 4.21 Å². The van der Waals surface area contributed by atoms with E-state index in [1.165, 1.54) is 0 Å². The average Bonchev–Trinajstić information content (AvgIpc) is 2.94. The normalized spacial score (nSPS) is 10.8. The molecule has 10 heteroatoms. The zero-order valence-corrected chi connectivity index (χ0v) is 15.4. The van der Waals surface area contributed by atoms with Crippen molar-refractivity contribution in [1.82, 2.24) is 4.98 Å². The molecule has 26 heavy (non-hydrogen) atoms. The smallest absolute Gasteiger partial charge is 0.252 e. The van der Waals surface area contributed by atoms with Crippen LogP contribution in [0.4, 0.5) is 5.69 Å². The number of H-pyrrole nitrogens is 1. The highest BCUT2D eigenvalue weighted by atomic mass is 35.5. The van der Waals surface area contributed by atoms with Crippen molar-refractivity contribution < 1.29 is 14.7 Å². The molecule has 0 saturated heterocycles. The Kier molecular flexibility index (Phi) is 5.21. The number of aromatic amines is 1. The minimum absolute atomic E-state index is 0.0146. The number of thioether (sulfide) groups is 1. The molecule has 0 aliphatic heterocycles. The van der Waals surface area contributed by atoms with Crippen LogP contribution in [0.1, 0.15) is 10.4 Å². The van der Waals surface area contributed by atoms with E-state index in [0.29, 0.717) is 19.6 Å². The monoisotopic (exact) mass is 409 g/mol. The van der Waals surface area contributed by atoms with Gasteiger partial charge in [-0.25, -0.2) is 0 Å². The Labute approximate surface area is 160 Å². The summed E-state index contributed by atoms with van der Waals surface area (Å²) in [7, 11) is 0. The van der Waals surface area contributed by atoms with Gasteiger partial charge in [0.15, 0.2) is 0 Å². The summed E-state index contributed by atoms with van der Waals surface area (Å²) in [6.45, 7) is 0. The Balaban J connectivity index is 1.82. The Morgan fingerprint density at radius 2 is 2.00 bits per heavy atom. The number of fused-ring (bicyclic) bond motifs is 1. The summed E-state index contributed by atoms with van der Waals surface area (Å²) in [4.78, 5) is 37.9. The van der Waals surface area contributed by atoms with Crippen LogP contribution in [0, 0.1) is 0 Å². The van der Waals surface area contributed by atoms with E-state index in [4.69, 9.17) is 17.3 Å². The molecule has 2 amide bonds. The topological polar surface area (TPSA) is 125 Å². The molecule has 0 unspecified atom stereocenters. The summed E-state index contributed by atoms with van der Waals surface area (Å²) in [5.41, 5.74) is 5.71. The van der Waals surface area contributed by atoms with Crippen LogP contribution in [-0.4, -0.2) is 27.7 Å². The average molecular weight is 410 g/mol. The number of benzene rings is 1. The predicted molar refractivity (Wildman–Crippen MR) is 103 cm³/mol. The maximum absolute atomic E-state index is 12.1. The number of aromatic nitrogens is 1. The minimum atomic E-state index is -0.752. The van der Waals surface area contributed by atoms with Crippen LogP contribution in [-0.2, 0) is 4.79 Å². The van der Waals surface area contributed by atoms with Crippen LogP contribution in [0.3, 0.4) is 0 Å². The summed E-state index contributed by atoms with van der Waals surface area (Å²) in [6, 6.07) is 7.66. The number of nitrogens with one attached hydrogen (secondary N) is 2. The maximum Gasteiger partial charge on any atom is 0.252 e. The predicted octanol–water partition coefficient (Wildman–Crippen LogP) is 2.78. The highest BCUT2D eigenvalue weighted by molar-refractivity contribution is 8.02. The molecule has 0 aliphatic rings. The van der Waals surface area contributed by atoms with E-state index in [0.717, 1.165) is 29.2 Å². The number of carbonyl (C=O) groups is 2. The minimum Gasteiger partial charge on any atom is -0.506 e. The molecule has 0 atom stereocenters. The fourth-order valence-corrected chi connectivity index (χ4v) is 4.62. The van der Waals surface area contributed by atoms with Crippen LogP contribution >= 0.6 is 34.7 Å². The molecule has 0 fully saturated rings. The first-order chi connectivity index (χ1) is 12.3. The molecule has 134 valence electrons. The first-order valence-electron chi connectivity index (χ1n) is 7.22. The first kappa shape index (κ1) is 18.3. The maximum atomic E-state index is 12.1. The van der Waals surface area contributed by atoms with Gasteiger partial charge in [0, 0.05) is 16.8 Å². The van der Waals surface area contributed by atoms with Crippen molar-refractivity contribution in [2.24, 2.45) is 5.73 Å². The number of carbonyl (C=O) groups excluding carboxylic acids is 2. The Morgan fingerprint density at radius 3 is 2.65 bits per heavy atom. The van der Waals surface area contributed by atoms with Crippen molar-refractivity contribution in [1.29, 1.82) is 0 Å². The van der Waals surface area contributed by atoms with Gasteiger partial charge in [-0.1, -0.05) is 11.6 Å². The second kappa shape index (κ2) is 7.40. The van der Waals surface area contributed by atoms with Crippen molar-refractivity contribution in [3.63, 3.8) is 0 Å². The van der Waals surface area contributed by atoms with Gasteiger partial charge in [-0.3, -0.25) is 14.4 Å². The van der Waals surface area contributed by atoms with Gasteiger partial charge in [-0.2, -0.15) is 0 Å². The number of hydrogen-bond acceptors (Lipinski definition) is 6. The zero-order valence-electron chi connectivity index (χ0n) is 13.0. The molecule has 5 N–H and O–H groups in total. The lowest BCUT2D eigenvalue weighted by Crippen LogP contribution is -2.15. The van der Waals surface area contributed by atoms with Gasteiger partial charge in [0.2, 0.25) is 5.91 Å². The van der Waals surface area contributed by atoms with Crippen molar-refractivity contribution in [3.05, 3.63) is 51.3 Å². The van der Waals surface area contributed by atoms with Gasteiger partial charge in [0.25, 0.3) is 11.5 Å². The SMILES string of the molecule is NC(=O)c1c(SCC(=O)Nc2ccc(Cl)cc2)sc2c(O)cc(=O)[nH]c12. The summed E-state index contributed by atoms with van der Waals surface area (Å²) < 4.78 is 0.773. The fourth-order valence-electron chi connectivity index (χ4n) is 2.25. The Bertz CT molecular complexity index is 1060. The summed E-state index contributed by atoms with van der Waals surface area (Å²) in [5.74, 6) is -1.27. The highest BCUT2D eigenvalue weighted by Gasteiger charge is 2.21. The molecule has 2 heterocycles. The number of pyridine rings is 1. The number of halogens is 1. The van der Waals surface area contributed by atoms with Crippen molar-refractivity contribution in [3.8, 4) is 5.75 Å². The standard InChI is InChI=1S/C16H12ClN3O4S2/c17-7-1-3-8(4-2-7)19-11(23)6-25-16-12(15(18)24)13-14(26-16)9(21)5-10(22)20-13/h1-5H,6H2,(H2,18,24)(H,19,23)(H2,20,21,22). The molecular formula is C16H12ClN3O4S2. The third-order valence-electron chi connectivity index (χ3n) is 3.33. The van der Waals surface area contributed by atoms with Crippen molar-refractivity contribution in [2.75, 3.05) is 11.1 Å². The quantitative estimate of drug-likeness (QED) is 0.482. The number of nitrogens with two attached hydrogens (primary N) is 1. The van der Waals surface area contributed by atoms with Crippen LogP contribution < -0.4 is 16.6 Å². The van der Waals surface area contributed by atoms with Crippen LogP contribution in [0.15, 0.2) is 39.3 Å². The number of hydrogen-bond donors (Lipinski definition) is 4. The van der Waals surface area contributed by atoms with E-state index in [1.54, 1.807) is 24.3 Å². The lowest BCUT2D eigenvalue weighted by molar-refractivity contribution is -0.113.